The molecule has 1 aromatic rings. The van der Waals surface area contributed by atoms with Crippen molar-refractivity contribution in [3.05, 3.63) is 18.7 Å². The van der Waals surface area contributed by atoms with Gasteiger partial charge >= 0.3 is 69.3 Å². The molecule has 0 aliphatic carbocycles. The summed E-state index contributed by atoms with van der Waals surface area (Å²) < 4.78 is 4.16. The molecule has 0 fully saturated rings. The molecule has 1 aromatic heterocycles. The molecule has 0 aliphatic heterocycles. The average molecular weight is 642 g/mol. The van der Waals surface area contributed by atoms with Crippen LogP contribution in [0.4, 0.5) is 0 Å². The van der Waals surface area contributed by atoms with Gasteiger partial charge in [-0.15, -0.1) is 0 Å². The Morgan fingerprint density at radius 2 is 1.92 bits per heavy atom. The molecular weight excluding hydrogens is 631 g/mol. The van der Waals surface area contributed by atoms with E-state index >= 15 is 0 Å². The van der Waals surface area contributed by atoms with Crippen molar-refractivity contribution in [2.24, 2.45) is 7.05 Å². The Labute approximate surface area is 115 Å². The second-order valence-electron chi connectivity index (χ2n) is 2.40. The molecule has 0 aliphatic rings. The van der Waals surface area contributed by atoms with Crippen LogP contribution in [0.3, 0.4) is 0 Å². The van der Waals surface area contributed by atoms with Crippen molar-refractivity contribution in [3.8, 4) is 0 Å². The van der Waals surface area contributed by atoms with Crippen LogP contribution in [0, 0.1) is 0 Å². The van der Waals surface area contributed by atoms with Gasteiger partial charge in [-0.1, -0.05) is 0 Å². The van der Waals surface area contributed by atoms with Crippen LogP contribution in [0.2, 0.25) is 0 Å². The second kappa shape index (κ2) is 7.77. The van der Waals surface area contributed by atoms with Crippen LogP contribution in [0.15, 0.2) is 18.7 Å². The van der Waals surface area contributed by atoms with Gasteiger partial charge in [-0.05, 0) is 6.92 Å². The Morgan fingerprint density at radius 3 is 2.08 bits per heavy atom. The molecular formula is C6H11ClI3InN2. The predicted molar refractivity (Wildman–Crippen MR) is 84.9 cm³/mol. The molecule has 0 atom stereocenters. The van der Waals surface area contributed by atoms with E-state index in [9.17, 15) is 0 Å². The summed E-state index contributed by atoms with van der Waals surface area (Å²) in [4.78, 5) is 0. The van der Waals surface area contributed by atoms with Crippen LogP contribution in [0.5, 0.6) is 0 Å². The van der Waals surface area contributed by atoms with Gasteiger partial charge in [-0.2, -0.15) is 0 Å². The molecule has 0 N–H and O–H groups in total. The summed E-state index contributed by atoms with van der Waals surface area (Å²) in [5, 5.41) is 0. The van der Waals surface area contributed by atoms with Crippen molar-refractivity contribution < 1.29 is 4.57 Å². The monoisotopic (exact) mass is 642 g/mol. The first-order chi connectivity index (χ1) is 5.83. The Kier molecular flexibility index (Phi) is 9.30. The summed E-state index contributed by atoms with van der Waals surface area (Å²) in [6.45, 7) is 3.18. The molecule has 7 heteroatoms. The van der Waals surface area contributed by atoms with E-state index in [0.29, 0.717) is 0 Å². The van der Waals surface area contributed by atoms with Crippen LogP contribution in [-0.2, 0) is 13.6 Å². The SMILES string of the molecule is CCn1cc[n+](C)c1.[Cl][In-]([I])([I])[I]. The first kappa shape index (κ1) is 15.6. The third kappa shape index (κ3) is 12.5. The molecule has 0 bridgehead atoms. The number of hydrogen-bond acceptors (Lipinski definition) is 0. The van der Waals surface area contributed by atoms with E-state index in [-0.39, 0.29) is 0 Å². The van der Waals surface area contributed by atoms with E-state index in [2.05, 4.69) is 78.4 Å². The first-order valence-corrected chi connectivity index (χ1v) is 36.7. The van der Waals surface area contributed by atoms with Crippen molar-refractivity contribution in [3.63, 3.8) is 0 Å². The molecule has 0 amide bonds. The summed E-state index contributed by atoms with van der Waals surface area (Å²) in [6.07, 6.45) is 4.26. The summed E-state index contributed by atoms with van der Waals surface area (Å²) in [5.74, 6) is 0. The Bertz CT molecular complexity index is 242. The molecule has 13 heavy (non-hydrogen) atoms. The minimum absolute atomic E-state index is 1.06. The third-order valence-corrected chi connectivity index (χ3v) is 1.19. The van der Waals surface area contributed by atoms with Crippen molar-refractivity contribution in [2.45, 2.75) is 13.5 Å². The van der Waals surface area contributed by atoms with Gasteiger partial charge in [0.15, 0.2) is 0 Å². The number of nitrogens with zero attached hydrogens (tertiary/aromatic N) is 2. The zero-order valence-electron chi connectivity index (χ0n) is 7.42. The van der Waals surface area contributed by atoms with E-state index < -0.39 is 6.32 Å². The van der Waals surface area contributed by atoms with E-state index in [1.165, 1.54) is 0 Å². The topological polar surface area (TPSA) is 8.81 Å². The van der Waals surface area contributed by atoms with Gasteiger partial charge in [-0.25, -0.2) is 9.13 Å². The number of rotatable bonds is 1. The summed E-state index contributed by atoms with van der Waals surface area (Å²) in [6, 6.07) is 0. The van der Waals surface area contributed by atoms with Crippen molar-refractivity contribution in [2.75, 3.05) is 0 Å². The minimum atomic E-state index is -1.88. The van der Waals surface area contributed by atoms with Gasteiger partial charge in [0, 0.05) is 0 Å². The van der Waals surface area contributed by atoms with Gasteiger partial charge in [-0.3, -0.25) is 0 Å². The Morgan fingerprint density at radius 1 is 1.46 bits per heavy atom. The zero-order chi connectivity index (χ0) is 10.5. The fourth-order valence-electron chi connectivity index (χ4n) is 0.689. The number of imidazole rings is 1. The predicted octanol–water partition coefficient (Wildman–Crippen LogP) is 3.30. The van der Waals surface area contributed by atoms with Gasteiger partial charge in [0.1, 0.15) is 12.4 Å². The standard InChI is InChI=1S/C6H11N2.ClH.3HI.In/c1-3-8-5-4-7(2)6-8;;;;;/h4-6H,3H2,1-2H3;4*1H;/q+1;;;;;+3/p-4. The van der Waals surface area contributed by atoms with Gasteiger partial charge < -0.3 is 0 Å². The average Bonchev–Trinajstić information content (AvgIpc) is 2.31. The Hall–Kier alpha value is 2.56. The van der Waals surface area contributed by atoms with Crippen LogP contribution >= 0.6 is 63.0 Å². The van der Waals surface area contributed by atoms with E-state index in [4.69, 9.17) is 8.58 Å². The molecule has 76 valence electrons. The molecule has 0 aromatic carbocycles. The molecule has 0 radical (unpaired) electrons. The number of aryl methyl sites for hydroxylation is 2. The van der Waals surface area contributed by atoms with Gasteiger partial charge in [0.05, 0.1) is 13.6 Å². The molecule has 0 saturated heterocycles. The molecule has 2 nitrogen and oxygen atoms in total. The van der Waals surface area contributed by atoms with Crippen LogP contribution in [0.25, 0.3) is 0 Å². The Balaban J connectivity index is 0.000000252. The molecule has 0 spiro atoms. The van der Waals surface area contributed by atoms with Crippen LogP contribution in [-0.4, -0.2) is 10.9 Å². The van der Waals surface area contributed by atoms with Crippen molar-refractivity contribution >= 4 is 69.3 Å². The van der Waals surface area contributed by atoms with Crippen molar-refractivity contribution in [1.82, 2.24) is 4.57 Å². The molecule has 0 unspecified atom stereocenters. The zero-order valence-corrected chi connectivity index (χ0v) is 17.9. The summed E-state index contributed by atoms with van der Waals surface area (Å²) in [5.41, 5.74) is 0. The van der Waals surface area contributed by atoms with E-state index in [1.54, 1.807) is 0 Å². The third-order valence-electron chi connectivity index (χ3n) is 1.19. The summed E-state index contributed by atoms with van der Waals surface area (Å²) in [7, 11) is 7.73. The molecule has 1 rings (SSSR count). The van der Waals surface area contributed by atoms with Gasteiger partial charge in [0.2, 0.25) is 6.33 Å². The number of halogens is 4. The normalized spacial score (nSPS) is 10.6. The maximum atomic E-state index is 5.71. The molecule has 1 heterocycles. The quantitative estimate of drug-likeness (QED) is 0.329. The van der Waals surface area contributed by atoms with Crippen LogP contribution < -0.4 is 4.57 Å². The second-order valence-corrected chi connectivity index (χ2v) is 110. The summed E-state index contributed by atoms with van der Waals surface area (Å²) >= 11 is 7.01. The fraction of sp³-hybridized carbons (Fsp3) is 0.500. The van der Waals surface area contributed by atoms with Crippen LogP contribution in [0.1, 0.15) is 6.92 Å². The maximum absolute atomic E-state index is 5.71. The van der Waals surface area contributed by atoms with E-state index in [1.807, 2.05) is 17.8 Å². The number of hydrogen-bond donors (Lipinski definition) is 0. The fourth-order valence-corrected chi connectivity index (χ4v) is 0.689. The van der Waals surface area contributed by atoms with Gasteiger partial charge in [0.25, 0.3) is 0 Å². The van der Waals surface area contributed by atoms with E-state index in [0.717, 1.165) is 6.54 Å². The number of aromatic nitrogens is 2. The van der Waals surface area contributed by atoms with Crippen molar-refractivity contribution in [1.29, 1.82) is 0 Å². The first-order valence-electron chi connectivity index (χ1n) is 3.71. The molecule has 0 saturated carbocycles.